The quantitative estimate of drug-likeness (QED) is 0.607. The van der Waals surface area contributed by atoms with E-state index in [1.165, 1.54) is 11.8 Å². The number of thioether (sulfide) groups is 1. The van der Waals surface area contributed by atoms with Gasteiger partial charge in [-0.25, -0.2) is 0 Å². The minimum Gasteiger partial charge on any atom is -0.306 e. The van der Waals surface area contributed by atoms with Crippen molar-refractivity contribution in [3.63, 3.8) is 0 Å². The van der Waals surface area contributed by atoms with Crippen molar-refractivity contribution in [2.24, 2.45) is 0 Å². The van der Waals surface area contributed by atoms with E-state index in [9.17, 15) is 9.59 Å². The molecule has 0 N–H and O–H groups in total. The van der Waals surface area contributed by atoms with E-state index in [0.29, 0.717) is 17.9 Å². The lowest BCUT2D eigenvalue weighted by atomic mass is 10.1. The molecule has 2 rings (SSSR count). The van der Waals surface area contributed by atoms with E-state index in [4.69, 9.17) is 0 Å². The average molecular weight is 247 g/mol. The summed E-state index contributed by atoms with van der Waals surface area (Å²) in [4.78, 5) is 25.1. The summed E-state index contributed by atoms with van der Waals surface area (Å²) in [5.74, 6) is 0.452. The van der Waals surface area contributed by atoms with Gasteiger partial charge in [0.2, 0.25) is 5.91 Å². The molecule has 0 spiro atoms. The van der Waals surface area contributed by atoms with E-state index in [2.05, 4.69) is 0 Å². The Bertz CT molecular complexity index is 468. The summed E-state index contributed by atoms with van der Waals surface area (Å²) in [5, 5.41) is 0.756. The third kappa shape index (κ3) is 2.58. The van der Waals surface area contributed by atoms with E-state index in [1.807, 2.05) is 25.1 Å². The van der Waals surface area contributed by atoms with Gasteiger partial charge in [-0.2, -0.15) is 0 Å². The molecule has 3 nitrogen and oxygen atoms in total. The Kier molecular flexibility index (Phi) is 3.64. The first kappa shape index (κ1) is 11.9. The zero-order valence-corrected chi connectivity index (χ0v) is 10.4. The topological polar surface area (TPSA) is 37.4 Å². The van der Waals surface area contributed by atoms with Crippen molar-refractivity contribution in [3.8, 4) is 0 Å². The van der Waals surface area contributed by atoms with Gasteiger partial charge in [-0.3, -0.25) is 9.59 Å². The number of hydrogen-bond donors (Lipinski definition) is 0. The summed E-state index contributed by atoms with van der Waals surface area (Å²) in [6, 6.07) is 9.08. The Morgan fingerprint density at radius 3 is 2.76 bits per heavy atom. The standard InChI is InChI=1S/C13H13NO2S/c1-2-14-12(16)9-17-13(14)8-11(15)10-6-4-3-5-7-10/h3-8H,2,9H2,1H3. The number of amides is 1. The molecule has 17 heavy (non-hydrogen) atoms. The molecule has 1 saturated heterocycles. The Hall–Kier alpha value is -1.55. The fraction of sp³-hybridized carbons (Fsp3) is 0.231. The number of carbonyl (C=O) groups is 2. The molecule has 0 aromatic heterocycles. The highest BCUT2D eigenvalue weighted by Crippen LogP contribution is 2.28. The SMILES string of the molecule is CCN1C(=O)CSC1=CC(=O)c1ccccc1. The van der Waals surface area contributed by atoms with Crippen LogP contribution in [0, 0.1) is 0 Å². The number of hydrogen-bond acceptors (Lipinski definition) is 3. The zero-order chi connectivity index (χ0) is 12.3. The van der Waals surface area contributed by atoms with Crippen LogP contribution in [0.4, 0.5) is 0 Å². The fourth-order valence-electron chi connectivity index (χ4n) is 1.66. The molecule has 0 aliphatic carbocycles. The lowest BCUT2D eigenvalue weighted by Crippen LogP contribution is -2.24. The molecule has 0 atom stereocenters. The van der Waals surface area contributed by atoms with Crippen LogP contribution in [-0.4, -0.2) is 28.9 Å². The summed E-state index contributed by atoms with van der Waals surface area (Å²) in [5.41, 5.74) is 0.649. The predicted molar refractivity (Wildman–Crippen MR) is 68.7 cm³/mol. The van der Waals surface area contributed by atoms with Crippen molar-refractivity contribution in [3.05, 3.63) is 47.0 Å². The second-order valence-corrected chi connectivity index (χ2v) is 4.64. The lowest BCUT2D eigenvalue weighted by Gasteiger charge is -2.13. The molecule has 0 saturated carbocycles. The number of rotatable bonds is 3. The van der Waals surface area contributed by atoms with Crippen LogP contribution in [0.5, 0.6) is 0 Å². The van der Waals surface area contributed by atoms with Gasteiger partial charge in [0, 0.05) is 18.2 Å². The molecule has 4 heteroatoms. The molecular weight excluding hydrogens is 234 g/mol. The van der Waals surface area contributed by atoms with Crippen molar-refractivity contribution < 1.29 is 9.59 Å². The van der Waals surface area contributed by atoms with Crippen molar-refractivity contribution in [2.75, 3.05) is 12.3 Å². The van der Waals surface area contributed by atoms with E-state index in [-0.39, 0.29) is 11.7 Å². The first-order valence-electron chi connectivity index (χ1n) is 5.46. The summed E-state index contributed by atoms with van der Waals surface area (Å²) < 4.78 is 0. The molecule has 1 amide bonds. The first-order valence-corrected chi connectivity index (χ1v) is 6.45. The highest BCUT2D eigenvalue weighted by atomic mass is 32.2. The maximum Gasteiger partial charge on any atom is 0.237 e. The van der Waals surface area contributed by atoms with E-state index >= 15 is 0 Å². The van der Waals surface area contributed by atoms with Crippen molar-refractivity contribution in [1.29, 1.82) is 0 Å². The third-order valence-electron chi connectivity index (χ3n) is 2.54. The summed E-state index contributed by atoms with van der Waals surface area (Å²) in [6.07, 6.45) is 1.55. The fourth-order valence-corrected chi connectivity index (χ4v) is 2.67. The Labute approximate surface area is 104 Å². The van der Waals surface area contributed by atoms with Crippen LogP contribution < -0.4 is 0 Å². The van der Waals surface area contributed by atoms with Crippen LogP contribution in [0.2, 0.25) is 0 Å². The molecule has 1 aromatic rings. The Morgan fingerprint density at radius 2 is 2.12 bits per heavy atom. The highest BCUT2D eigenvalue weighted by molar-refractivity contribution is 8.04. The smallest absolute Gasteiger partial charge is 0.237 e. The van der Waals surface area contributed by atoms with E-state index < -0.39 is 0 Å². The molecule has 1 heterocycles. The highest BCUT2D eigenvalue weighted by Gasteiger charge is 2.25. The van der Waals surface area contributed by atoms with Crippen LogP contribution in [0.25, 0.3) is 0 Å². The van der Waals surface area contributed by atoms with Gasteiger partial charge in [-0.15, -0.1) is 0 Å². The lowest BCUT2D eigenvalue weighted by molar-refractivity contribution is -0.125. The molecule has 88 valence electrons. The minimum absolute atomic E-state index is 0.0544. The molecule has 0 unspecified atom stereocenters. The normalized spacial score (nSPS) is 17.8. The summed E-state index contributed by atoms with van der Waals surface area (Å²) in [6.45, 7) is 2.52. The zero-order valence-electron chi connectivity index (χ0n) is 9.55. The second-order valence-electron chi connectivity index (χ2n) is 3.64. The first-order chi connectivity index (χ1) is 8.22. The monoisotopic (exact) mass is 247 g/mol. The van der Waals surface area contributed by atoms with Crippen molar-refractivity contribution in [2.45, 2.75) is 6.92 Å². The molecule has 1 aliphatic rings. The molecular formula is C13H13NO2S. The van der Waals surface area contributed by atoms with Gasteiger partial charge in [0.15, 0.2) is 5.78 Å². The van der Waals surface area contributed by atoms with Gasteiger partial charge in [0.05, 0.1) is 10.8 Å². The van der Waals surface area contributed by atoms with Gasteiger partial charge in [-0.1, -0.05) is 42.1 Å². The van der Waals surface area contributed by atoms with Crippen LogP contribution in [0.15, 0.2) is 41.4 Å². The second kappa shape index (κ2) is 5.19. The van der Waals surface area contributed by atoms with E-state index in [0.717, 1.165) is 5.03 Å². The van der Waals surface area contributed by atoms with Crippen molar-refractivity contribution in [1.82, 2.24) is 4.90 Å². The largest absolute Gasteiger partial charge is 0.306 e. The molecule has 1 fully saturated rings. The molecule has 0 radical (unpaired) electrons. The molecule has 1 aromatic carbocycles. The maximum atomic E-state index is 11.9. The number of carbonyl (C=O) groups excluding carboxylic acids is 2. The number of benzene rings is 1. The maximum absolute atomic E-state index is 11.9. The average Bonchev–Trinajstić information content (AvgIpc) is 2.71. The number of nitrogens with zero attached hydrogens (tertiary/aromatic N) is 1. The Morgan fingerprint density at radius 1 is 1.41 bits per heavy atom. The van der Waals surface area contributed by atoms with Gasteiger partial charge >= 0.3 is 0 Å². The molecule has 1 aliphatic heterocycles. The van der Waals surface area contributed by atoms with Crippen LogP contribution in [-0.2, 0) is 4.79 Å². The predicted octanol–water partition coefficient (Wildman–Crippen LogP) is 2.31. The summed E-state index contributed by atoms with van der Waals surface area (Å²) in [7, 11) is 0. The van der Waals surface area contributed by atoms with Gasteiger partial charge < -0.3 is 4.90 Å². The summed E-state index contributed by atoms with van der Waals surface area (Å²) >= 11 is 1.42. The number of ketones is 1. The minimum atomic E-state index is -0.0544. The van der Waals surface area contributed by atoms with Crippen LogP contribution in [0.1, 0.15) is 17.3 Å². The van der Waals surface area contributed by atoms with E-state index in [1.54, 1.807) is 23.1 Å². The third-order valence-corrected chi connectivity index (χ3v) is 3.57. The van der Waals surface area contributed by atoms with Crippen LogP contribution >= 0.6 is 11.8 Å². The van der Waals surface area contributed by atoms with Crippen molar-refractivity contribution >= 4 is 23.5 Å². The van der Waals surface area contributed by atoms with Gasteiger partial charge in [-0.05, 0) is 6.92 Å². The van der Waals surface area contributed by atoms with Crippen LogP contribution in [0.3, 0.4) is 0 Å². The number of allylic oxidation sites excluding steroid dienone is 1. The van der Waals surface area contributed by atoms with Gasteiger partial charge in [0.25, 0.3) is 0 Å². The molecule has 0 bridgehead atoms. The Balaban J connectivity index is 2.20. The van der Waals surface area contributed by atoms with Gasteiger partial charge in [0.1, 0.15) is 0 Å².